The number of H-pyrrole nitrogens is 1. The number of quaternary nitrogens is 1. The van der Waals surface area contributed by atoms with E-state index in [1.54, 1.807) is 17.0 Å². The average molecular weight is 470 g/mol. The lowest BCUT2D eigenvalue weighted by Gasteiger charge is -2.27. The number of anilines is 1. The third kappa shape index (κ3) is 6.09. The summed E-state index contributed by atoms with van der Waals surface area (Å²) in [6, 6.07) is 13.7. The number of ether oxygens (including phenoxy) is 1. The van der Waals surface area contributed by atoms with Gasteiger partial charge in [0.25, 0.3) is 5.56 Å². The lowest BCUT2D eigenvalue weighted by atomic mass is 10.1. The third-order valence-corrected chi connectivity index (χ3v) is 6.35. The van der Waals surface area contributed by atoms with E-state index in [2.05, 4.69) is 10.3 Å². The second-order valence-corrected chi connectivity index (χ2v) is 8.76. The summed E-state index contributed by atoms with van der Waals surface area (Å²) in [5.41, 5.74) is 1.99. The highest BCUT2D eigenvalue weighted by molar-refractivity contribution is 7.80. The smallest absolute Gasteiger partial charge is 0.253 e. The van der Waals surface area contributed by atoms with E-state index in [-0.39, 0.29) is 11.4 Å². The molecule has 6 nitrogen and oxygen atoms in total. The Morgan fingerprint density at radius 1 is 1.18 bits per heavy atom. The van der Waals surface area contributed by atoms with Crippen LogP contribution >= 0.6 is 12.2 Å². The SMILES string of the molecule is CCOc1ccc2[nH]c(=O)c(CN(CC[NH+]3CCCC3)C(=S)Nc3ccc(F)cc3)cc2c1. The number of benzene rings is 2. The van der Waals surface area contributed by atoms with Gasteiger partial charge in [0.2, 0.25) is 0 Å². The van der Waals surface area contributed by atoms with E-state index in [4.69, 9.17) is 17.0 Å². The monoisotopic (exact) mass is 469 g/mol. The summed E-state index contributed by atoms with van der Waals surface area (Å²) in [6.07, 6.45) is 2.50. The normalized spacial score (nSPS) is 13.9. The minimum atomic E-state index is -0.296. The molecule has 3 aromatic rings. The number of nitrogens with zero attached hydrogens (tertiary/aromatic N) is 1. The molecule has 3 N–H and O–H groups in total. The van der Waals surface area contributed by atoms with Gasteiger partial charge in [-0.1, -0.05) is 0 Å². The van der Waals surface area contributed by atoms with Gasteiger partial charge in [-0.3, -0.25) is 4.79 Å². The zero-order valence-corrected chi connectivity index (χ0v) is 19.6. The molecule has 8 heteroatoms. The summed E-state index contributed by atoms with van der Waals surface area (Å²) in [5, 5.41) is 4.63. The van der Waals surface area contributed by atoms with Crippen LogP contribution < -0.4 is 20.5 Å². The number of nitrogens with one attached hydrogen (secondary N) is 3. The minimum absolute atomic E-state index is 0.130. The maximum absolute atomic E-state index is 13.3. The third-order valence-electron chi connectivity index (χ3n) is 5.99. The number of hydrogen-bond acceptors (Lipinski definition) is 3. The number of thiocarbonyl (C=S) groups is 1. The molecule has 1 aliphatic rings. The molecule has 4 rings (SSSR count). The van der Waals surface area contributed by atoms with Crippen molar-refractivity contribution in [3.05, 3.63) is 70.3 Å². The first-order valence-corrected chi connectivity index (χ1v) is 11.9. The molecule has 0 saturated carbocycles. The molecule has 0 atom stereocenters. The molecule has 1 aliphatic heterocycles. The number of aromatic amines is 1. The van der Waals surface area contributed by atoms with Gasteiger partial charge in [0.15, 0.2) is 5.11 Å². The van der Waals surface area contributed by atoms with Crippen molar-refractivity contribution >= 4 is 33.9 Å². The average Bonchev–Trinajstić information content (AvgIpc) is 3.32. The maximum atomic E-state index is 13.3. The van der Waals surface area contributed by atoms with Crippen LogP contribution in [0.1, 0.15) is 25.3 Å². The van der Waals surface area contributed by atoms with Gasteiger partial charge in [0.05, 0.1) is 39.3 Å². The Hall–Kier alpha value is -2.97. The molecule has 2 heterocycles. The summed E-state index contributed by atoms with van der Waals surface area (Å²) in [5.74, 6) is 0.473. The Morgan fingerprint density at radius 3 is 2.67 bits per heavy atom. The predicted octanol–water partition coefficient (Wildman–Crippen LogP) is 2.94. The van der Waals surface area contributed by atoms with Crippen LogP contribution in [0.25, 0.3) is 10.9 Å². The fourth-order valence-corrected chi connectivity index (χ4v) is 4.49. The minimum Gasteiger partial charge on any atom is -0.494 e. The van der Waals surface area contributed by atoms with Crippen molar-refractivity contribution in [3.8, 4) is 5.75 Å². The maximum Gasteiger partial charge on any atom is 0.253 e. The van der Waals surface area contributed by atoms with Gasteiger partial charge >= 0.3 is 0 Å². The van der Waals surface area contributed by atoms with Crippen molar-refractivity contribution in [1.82, 2.24) is 9.88 Å². The fourth-order valence-electron chi connectivity index (χ4n) is 4.22. The van der Waals surface area contributed by atoms with Gasteiger partial charge in [-0.25, -0.2) is 4.39 Å². The highest BCUT2D eigenvalue weighted by Gasteiger charge is 2.19. The van der Waals surface area contributed by atoms with Crippen LogP contribution in [0.15, 0.2) is 53.3 Å². The van der Waals surface area contributed by atoms with Gasteiger partial charge in [0.1, 0.15) is 11.6 Å². The van der Waals surface area contributed by atoms with Crippen LogP contribution in [0.5, 0.6) is 5.75 Å². The summed E-state index contributed by atoms with van der Waals surface area (Å²) in [4.78, 5) is 19.4. The molecule has 0 amide bonds. The van der Waals surface area contributed by atoms with Crippen molar-refractivity contribution in [2.75, 3.05) is 38.1 Å². The molecule has 174 valence electrons. The molecule has 2 aromatic carbocycles. The largest absolute Gasteiger partial charge is 0.494 e. The number of hydrogen-bond donors (Lipinski definition) is 3. The lowest BCUT2D eigenvalue weighted by Crippen LogP contribution is -3.10. The van der Waals surface area contributed by atoms with E-state index in [0.29, 0.717) is 29.5 Å². The van der Waals surface area contributed by atoms with Crippen LogP contribution in [0.2, 0.25) is 0 Å². The van der Waals surface area contributed by atoms with E-state index < -0.39 is 0 Å². The summed E-state index contributed by atoms with van der Waals surface area (Å²) < 4.78 is 18.9. The molecule has 1 fully saturated rings. The molecule has 1 aromatic heterocycles. The highest BCUT2D eigenvalue weighted by atomic mass is 32.1. The van der Waals surface area contributed by atoms with Gasteiger partial charge < -0.3 is 24.8 Å². The van der Waals surface area contributed by atoms with Crippen LogP contribution in [0.4, 0.5) is 10.1 Å². The second kappa shape index (κ2) is 10.8. The Morgan fingerprint density at radius 2 is 1.94 bits per heavy atom. The number of aromatic nitrogens is 1. The van der Waals surface area contributed by atoms with Crippen molar-refractivity contribution in [2.24, 2.45) is 0 Å². The number of fused-ring (bicyclic) bond motifs is 1. The van der Waals surface area contributed by atoms with Crippen LogP contribution in [-0.4, -0.2) is 47.8 Å². The second-order valence-electron chi connectivity index (χ2n) is 8.37. The lowest BCUT2D eigenvalue weighted by molar-refractivity contribution is -0.886. The molecule has 0 spiro atoms. The fraction of sp³-hybridized carbons (Fsp3) is 0.360. The van der Waals surface area contributed by atoms with Crippen molar-refractivity contribution in [2.45, 2.75) is 26.3 Å². The van der Waals surface area contributed by atoms with E-state index >= 15 is 0 Å². The molecule has 0 aliphatic carbocycles. The predicted molar refractivity (Wildman–Crippen MR) is 134 cm³/mol. The Labute approximate surface area is 198 Å². The first-order valence-electron chi connectivity index (χ1n) is 11.5. The molecule has 0 radical (unpaired) electrons. The van der Waals surface area contributed by atoms with E-state index in [9.17, 15) is 9.18 Å². The van der Waals surface area contributed by atoms with Crippen molar-refractivity contribution < 1.29 is 14.0 Å². The molecule has 0 unspecified atom stereocenters. The quantitative estimate of drug-likeness (QED) is 0.443. The standard InChI is InChI=1S/C25H29FN4O2S/c1-2-32-22-9-10-23-18(16-22)15-19(24(31)28-23)17-30(14-13-29-11-3-4-12-29)25(33)27-21-7-5-20(26)6-8-21/h5-10,15-16H,2-4,11-14,17H2,1H3,(H,27,33)(H,28,31)/p+1. The molecular formula is C25H30FN4O2S+. The van der Waals surface area contributed by atoms with Gasteiger partial charge in [-0.05, 0) is 67.7 Å². The first kappa shape index (κ1) is 23.2. The highest BCUT2D eigenvalue weighted by Crippen LogP contribution is 2.20. The Balaban J connectivity index is 1.56. The summed E-state index contributed by atoms with van der Waals surface area (Å²) in [7, 11) is 0. The summed E-state index contributed by atoms with van der Waals surface area (Å²) in [6.45, 7) is 6.91. The van der Waals surface area contributed by atoms with E-state index in [1.807, 2.05) is 36.1 Å². The molecule has 1 saturated heterocycles. The first-order chi connectivity index (χ1) is 16.0. The molecule has 33 heavy (non-hydrogen) atoms. The summed E-state index contributed by atoms with van der Waals surface area (Å²) >= 11 is 5.70. The number of likely N-dealkylation sites (tertiary alicyclic amines) is 1. The molecule has 0 bridgehead atoms. The Bertz CT molecular complexity index is 1160. The van der Waals surface area contributed by atoms with E-state index in [1.165, 1.54) is 38.1 Å². The van der Waals surface area contributed by atoms with Crippen LogP contribution in [0, 0.1) is 5.82 Å². The van der Waals surface area contributed by atoms with Gasteiger partial charge in [-0.2, -0.15) is 0 Å². The topological polar surface area (TPSA) is 61.8 Å². The Kier molecular flexibility index (Phi) is 7.57. The van der Waals surface area contributed by atoms with Crippen molar-refractivity contribution in [1.29, 1.82) is 0 Å². The number of pyridine rings is 1. The van der Waals surface area contributed by atoms with Crippen LogP contribution in [-0.2, 0) is 6.54 Å². The van der Waals surface area contributed by atoms with Gasteiger partial charge in [-0.15, -0.1) is 0 Å². The van der Waals surface area contributed by atoms with Gasteiger partial charge in [0, 0.05) is 35.0 Å². The zero-order valence-electron chi connectivity index (χ0n) is 18.8. The number of halogens is 1. The number of rotatable bonds is 8. The zero-order chi connectivity index (χ0) is 23.2. The van der Waals surface area contributed by atoms with Crippen molar-refractivity contribution in [3.63, 3.8) is 0 Å². The van der Waals surface area contributed by atoms with E-state index in [0.717, 1.165) is 29.7 Å². The van der Waals surface area contributed by atoms with Crippen LogP contribution in [0.3, 0.4) is 0 Å². The molecular weight excluding hydrogens is 439 g/mol.